The van der Waals surface area contributed by atoms with E-state index in [2.05, 4.69) is 18.4 Å². The lowest BCUT2D eigenvalue weighted by Gasteiger charge is -2.30. The number of ketones is 1. The number of hydrogen-bond donors (Lipinski definition) is 2. The molecule has 6 heteroatoms. The van der Waals surface area contributed by atoms with Crippen LogP contribution in [0.2, 0.25) is 0 Å². The summed E-state index contributed by atoms with van der Waals surface area (Å²) >= 11 is 0. The SMILES string of the molecule is CC1(C)CC(=O)c2c(n(Cc3ccc(C(=O)NO)cc3)c3ccc(F)cc23)C1. The number of amides is 1. The molecule has 4 rings (SSSR count). The first-order valence-corrected chi connectivity index (χ1v) is 9.16. The summed E-state index contributed by atoms with van der Waals surface area (Å²) in [5.41, 5.74) is 5.14. The quantitative estimate of drug-likeness (QED) is 0.531. The molecule has 1 aliphatic carbocycles. The number of Topliss-reactive ketones (excluding diaryl/α,β-unsaturated/α-hetero) is 1. The van der Waals surface area contributed by atoms with Crippen molar-refractivity contribution in [2.45, 2.75) is 33.2 Å². The molecule has 1 amide bonds. The molecule has 0 unspecified atom stereocenters. The van der Waals surface area contributed by atoms with Gasteiger partial charge in [-0.15, -0.1) is 0 Å². The molecule has 144 valence electrons. The average molecular weight is 380 g/mol. The summed E-state index contributed by atoms with van der Waals surface area (Å²) in [7, 11) is 0. The summed E-state index contributed by atoms with van der Waals surface area (Å²) in [5, 5.41) is 9.40. The molecule has 28 heavy (non-hydrogen) atoms. The molecular formula is C22H21FN2O3. The van der Waals surface area contributed by atoms with Crippen LogP contribution in [0.15, 0.2) is 42.5 Å². The van der Waals surface area contributed by atoms with E-state index < -0.39 is 5.91 Å². The van der Waals surface area contributed by atoms with E-state index in [1.54, 1.807) is 23.7 Å². The van der Waals surface area contributed by atoms with Crippen molar-refractivity contribution in [2.24, 2.45) is 5.41 Å². The molecule has 0 radical (unpaired) electrons. The minimum atomic E-state index is -0.571. The molecule has 1 aliphatic rings. The maximum atomic E-state index is 13.9. The topological polar surface area (TPSA) is 71.3 Å². The third kappa shape index (κ3) is 3.10. The van der Waals surface area contributed by atoms with Crippen LogP contribution < -0.4 is 5.48 Å². The Morgan fingerprint density at radius 1 is 1.18 bits per heavy atom. The zero-order valence-electron chi connectivity index (χ0n) is 15.8. The summed E-state index contributed by atoms with van der Waals surface area (Å²) in [6.45, 7) is 4.64. The predicted octanol–water partition coefficient (Wildman–Crippen LogP) is 4.10. The summed E-state index contributed by atoms with van der Waals surface area (Å²) in [6, 6.07) is 11.5. The van der Waals surface area contributed by atoms with Gasteiger partial charge >= 0.3 is 0 Å². The van der Waals surface area contributed by atoms with Crippen molar-refractivity contribution in [3.05, 3.63) is 70.7 Å². The first-order valence-electron chi connectivity index (χ1n) is 9.16. The molecule has 1 heterocycles. The number of aromatic nitrogens is 1. The Labute approximate surface area is 161 Å². The van der Waals surface area contributed by atoms with Crippen LogP contribution in [0.1, 0.15) is 52.2 Å². The summed E-state index contributed by atoms with van der Waals surface area (Å²) in [5.74, 6) is -0.877. The Morgan fingerprint density at radius 2 is 1.89 bits per heavy atom. The van der Waals surface area contributed by atoms with Crippen LogP contribution in [0.4, 0.5) is 4.39 Å². The standard InChI is InChI=1S/C22H21FN2O3/c1-22(2)10-18-20(19(26)11-22)16-9-15(23)7-8-17(16)25(18)12-13-3-5-14(6-4-13)21(27)24-28/h3-9,28H,10-12H2,1-2H3,(H,24,27). The van der Waals surface area contributed by atoms with E-state index in [0.29, 0.717) is 29.5 Å². The van der Waals surface area contributed by atoms with Gasteiger partial charge in [-0.3, -0.25) is 14.8 Å². The smallest absolute Gasteiger partial charge is 0.274 e. The number of nitrogens with one attached hydrogen (secondary N) is 1. The number of benzene rings is 2. The lowest BCUT2D eigenvalue weighted by molar-refractivity contribution is 0.0706. The third-order valence-electron chi connectivity index (χ3n) is 5.36. The Hall–Kier alpha value is -2.99. The van der Waals surface area contributed by atoms with E-state index in [9.17, 15) is 14.0 Å². The molecule has 0 aliphatic heterocycles. The first kappa shape index (κ1) is 18.4. The molecule has 2 aromatic carbocycles. The molecule has 0 atom stereocenters. The van der Waals surface area contributed by atoms with Crippen LogP contribution in [0.3, 0.4) is 0 Å². The summed E-state index contributed by atoms with van der Waals surface area (Å²) in [6.07, 6.45) is 1.18. The second-order valence-corrected chi connectivity index (χ2v) is 8.15. The first-order chi connectivity index (χ1) is 13.3. The van der Waals surface area contributed by atoms with Gasteiger partial charge in [0.2, 0.25) is 0 Å². The lowest BCUT2D eigenvalue weighted by Crippen LogP contribution is -2.28. The molecule has 2 N–H and O–H groups in total. The molecule has 0 spiro atoms. The fraction of sp³-hybridized carbons (Fsp3) is 0.273. The van der Waals surface area contributed by atoms with Gasteiger partial charge in [0.05, 0.1) is 0 Å². The Bertz CT molecular complexity index is 1100. The average Bonchev–Trinajstić information content (AvgIpc) is 2.93. The number of hydroxylamine groups is 1. The minimum absolute atomic E-state index is 0.0514. The van der Waals surface area contributed by atoms with Crippen LogP contribution in [0, 0.1) is 11.2 Å². The fourth-order valence-corrected chi connectivity index (χ4v) is 4.10. The number of rotatable bonds is 3. The highest BCUT2D eigenvalue weighted by molar-refractivity contribution is 6.10. The van der Waals surface area contributed by atoms with Crippen molar-refractivity contribution >= 4 is 22.6 Å². The van der Waals surface area contributed by atoms with Gasteiger partial charge in [-0.05, 0) is 47.7 Å². The maximum absolute atomic E-state index is 13.9. The number of fused-ring (bicyclic) bond motifs is 3. The molecule has 1 aromatic heterocycles. The second-order valence-electron chi connectivity index (χ2n) is 8.15. The van der Waals surface area contributed by atoms with Gasteiger partial charge in [0, 0.05) is 40.7 Å². The highest BCUT2D eigenvalue weighted by Gasteiger charge is 2.35. The van der Waals surface area contributed by atoms with Crippen molar-refractivity contribution in [3.63, 3.8) is 0 Å². The Morgan fingerprint density at radius 3 is 2.57 bits per heavy atom. The van der Waals surface area contributed by atoms with E-state index in [4.69, 9.17) is 5.21 Å². The normalized spacial score (nSPS) is 15.5. The van der Waals surface area contributed by atoms with Gasteiger partial charge < -0.3 is 4.57 Å². The van der Waals surface area contributed by atoms with Gasteiger partial charge in [0.25, 0.3) is 5.91 Å². The maximum Gasteiger partial charge on any atom is 0.274 e. The molecule has 0 bridgehead atoms. The number of hydrogen-bond acceptors (Lipinski definition) is 3. The van der Waals surface area contributed by atoms with Gasteiger partial charge in [-0.1, -0.05) is 26.0 Å². The van der Waals surface area contributed by atoms with Crippen LogP contribution >= 0.6 is 0 Å². The van der Waals surface area contributed by atoms with Crippen LogP contribution in [-0.2, 0) is 13.0 Å². The molecule has 0 saturated heterocycles. The minimum Gasteiger partial charge on any atom is -0.339 e. The fourth-order valence-electron chi connectivity index (χ4n) is 4.10. The van der Waals surface area contributed by atoms with E-state index in [1.807, 2.05) is 12.1 Å². The zero-order chi connectivity index (χ0) is 20.1. The van der Waals surface area contributed by atoms with Crippen molar-refractivity contribution in [2.75, 3.05) is 0 Å². The van der Waals surface area contributed by atoms with Gasteiger partial charge in [-0.2, -0.15) is 0 Å². The molecule has 0 saturated carbocycles. The van der Waals surface area contributed by atoms with E-state index in [1.165, 1.54) is 12.1 Å². The van der Waals surface area contributed by atoms with Crippen molar-refractivity contribution in [1.82, 2.24) is 10.0 Å². The van der Waals surface area contributed by atoms with Crippen LogP contribution in [-0.4, -0.2) is 21.5 Å². The predicted molar refractivity (Wildman–Crippen MR) is 103 cm³/mol. The third-order valence-corrected chi connectivity index (χ3v) is 5.36. The van der Waals surface area contributed by atoms with Gasteiger partial charge in [0.1, 0.15) is 5.82 Å². The van der Waals surface area contributed by atoms with Gasteiger partial charge in [0.15, 0.2) is 5.78 Å². The highest BCUT2D eigenvalue weighted by Crippen LogP contribution is 2.40. The number of carbonyl (C=O) groups excluding carboxylic acids is 2. The largest absolute Gasteiger partial charge is 0.339 e. The molecule has 0 fully saturated rings. The van der Waals surface area contributed by atoms with E-state index >= 15 is 0 Å². The number of halogens is 1. The number of carbonyl (C=O) groups is 2. The molecule has 3 aromatic rings. The lowest BCUT2D eigenvalue weighted by atomic mass is 9.75. The van der Waals surface area contributed by atoms with Crippen molar-refractivity contribution < 1.29 is 19.2 Å². The van der Waals surface area contributed by atoms with Crippen molar-refractivity contribution in [1.29, 1.82) is 0 Å². The van der Waals surface area contributed by atoms with Gasteiger partial charge in [-0.25, -0.2) is 9.87 Å². The Kier molecular flexibility index (Phi) is 4.31. The monoisotopic (exact) mass is 380 g/mol. The van der Waals surface area contributed by atoms with Crippen LogP contribution in [0.5, 0.6) is 0 Å². The second kappa shape index (κ2) is 6.56. The van der Waals surface area contributed by atoms with E-state index in [-0.39, 0.29) is 17.0 Å². The summed E-state index contributed by atoms with van der Waals surface area (Å²) in [4.78, 5) is 24.3. The van der Waals surface area contributed by atoms with E-state index in [0.717, 1.165) is 23.2 Å². The summed E-state index contributed by atoms with van der Waals surface area (Å²) < 4.78 is 16.0. The van der Waals surface area contributed by atoms with Crippen molar-refractivity contribution in [3.8, 4) is 0 Å². The zero-order valence-corrected chi connectivity index (χ0v) is 15.8. The highest BCUT2D eigenvalue weighted by atomic mass is 19.1. The number of nitrogens with zero attached hydrogens (tertiary/aromatic N) is 1. The molecular weight excluding hydrogens is 359 g/mol. The Balaban J connectivity index is 1.83. The van der Waals surface area contributed by atoms with Crippen LogP contribution in [0.25, 0.3) is 10.9 Å². The molecule has 5 nitrogen and oxygen atoms in total.